The van der Waals surface area contributed by atoms with Gasteiger partial charge in [0.2, 0.25) is 5.91 Å². The smallest absolute Gasteiger partial charge is 0.251 e. The van der Waals surface area contributed by atoms with Crippen LogP contribution in [0.2, 0.25) is 0 Å². The van der Waals surface area contributed by atoms with Gasteiger partial charge < -0.3 is 10.6 Å². The molecule has 1 aliphatic rings. The summed E-state index contributed by atoms with van der Waals surface area (Å²) in [7, 11) is 1.60. The lowest BCUT2D eigenvalue weighted by Gasteiger charge is -2.11. The predicted octanol–water partition coefficient (Wildman–Crippen LogP) is 1.27. The topological polar surface area (TPSA) is 82.3 Å². The molecule has 2 aromatic carbocycles. The largest absolute Gasteiger partial charge is 0.355 e. The Labute approximate surface area is 147 Å². The van der Waals surface area contributed by atoms with Gasteiger partial charge in [0.25, 0.3) is 5.91 Å². The van der Waals surface area contributed by atoms with E-state index in [-0.39, 0.29) is 23.9 Å². The first-order chi connectivity index (χ1) is 12.2. The first-order valence-electron chi connectivity index (χ1n) is 8.32. The van der Waals surface area contributed by atoms with Gasteiger partial charge in [-0.15, -0.1) is 0 Å². The first kappa shape index (κ1) is 17.1. The van der Waals surface area contributed by atoms with Gasteiger partial charge in [-0.25, -0.2) is 10.9 Å². The van der Waals surface area contributed by atoms with Crippen LogP contribution in [0, 0.1) is 0 Å². The van der Waals surface area contributed by atoms with Crippen LogP contribution in [-0.2, 0) is 11.3 Å². The Bertz CT molecular complexity index is 731. The van der Waals surface area contributed by atoms with E-state index in [0.29, 0.717) is 18.5 Å². The quantitative estimate of drug-likeness (QED) is 0.662. The number of carbonyl (C=O) groups is 2. The fraction of sp³-hybridized carbons (Fsp3) is 0.263. The lowest BCUT2D eigenvalue weighted by molar-refractivity contribution is -0.123. The molecule has 1 heterocycles. The Balaban J connectivity index is 1.51. The fourth-order valence-electron chi connectivity index (χ4n) is 2.86. The lowest BCUT2D eigenvalue weighted by atomic mass is 10.0. The molecule has 3 rings (SSSR count). The molecule has 4 N–H and O–H groups in total. The SMILES string of the molecule is CNC(=O)c1ccc(CNC(=O)C2CC(c3ccccc3)NN2)cc1. The molecule has 0 spiro atoms. The first-order valence-corrected chi connectivity index (χ1v) is 8.32. The average Bonchev–Trinajstić information content (AvgIpc) is 3.17. The second-order valence-electron chi connectivity index (χ2n) is 6.03. The zero-order valence-electron chi connectivity index (χ0n) is 14.1. The molecule has 6 nitrogen and oxygen atoms in total. The minimum absolute atomic E-state index is 0.0405. The van der Waals surface area contributed by atoms with Gasteiger partial charge in [-0.3, -0.25) is 9.59 Å². The summed E-state index contributed by atoms with van der Waals surface area (Å²) in [5, 5.41) is 5.52. The van der Waals surface area contributed by atoms with Crippen LogP contribution in [0.1, 0.15) is 33.9 Å². The molecular formula is C19H22N4O2. The summed E-state index contributed by atoms with van der Waals surface area (Å²) in [6.07, 6.45) is 0.700. The molecule has 1 aliphatic heterocycles. The Kier molecular flexibility index (Phi) is 5.42. The molecular weight excluding hydrogens is 316 g/mol. The van der Waals surface area contributed by atoms with Crippen molar-refractivity contribution in [2.24, 2.45) is 0 Å². The van der Waals surface area contributed by atoms with Gasteiger partial charge in [-0.05, 0) is 29.7 Å². The Morgan fingerprint density at radius 2 is 1.76 bits per heavy atom. The third kappa shape index (κ3) is 4.23. The number of carbonyl (C=O) groups excluding carboxylic acids is 2. The van der Waals surface area contributed by atoms with Gasteiger partial charge in [0.05, 0.1) is 0 Å². The summed E-state index contributed by atoms with van der Waals surface area (Å²) in [5.41, 5.74) is 8.95. The molecule has 1 saturated heterocycles. The van der Waals surface area contributed by atoms with Gasteiger partial charge in [0.1, 0.15) is 6.04 Å². The molecule has 6 heteroatoms. The molecule has 2 amide bonds. The van der Waals surface area contributed by atoms with Crippen LogP contribution in [0.4, 0.5) is 0 Å². The van der Waals surface area contributed by atoms with E-state index in [0.717, 1.165) is 11.1 Å². The third-order valence-electron chi connectivity index (χ3n) is 4.33. The van der Waals surface area contributed by atoms with Crippen molar-refractivity contribution in [2.75, 3.05) is 7.05 Å². The average molecular weight is 338 g/mol. The summed E-state index contributed by atoms with van der Waals surface area (Å²) in [4.78, 5) is 23.9. The van der Waals surface area contributed by atoms with Crippen molar-refractivity contribution in [2.45, 2.75) is 25.0 Å². The fourth-order valence-corrected chi connectivity index (χ4v) is 2.86. The van der Waals surface area contributed by atoms with E-state index in [1.165, 1.54) is 0 Å². The Hall–Kier alpha value is -2.70. The Morgan fingerprint density at radius 3 is 2.44 bits per heavy atom. The second-order valence-corrected chi connectivity index (χ2v) is 6.03. The molecule has 0 aliphatic carbocycles. The molecule has 2 aromatic rings. The van der Waals surface area contributed by atoms with Crippen LogP contribution in [0.25, 0.3) is 0 Å². The number of nitrogens with one attached hydrogen (secondary N) is 4. The van der Waals surface area contributed by atoms with Crippen LogP contribution in [0.3, 0.4) is 0 Å². The molecule has 2 unspecified atom stereocenters. The standard InChI is InChI=1S/C19H22N4O2/c1-20-18(24)15-9-7-13(8-10-15)12-21-19(25)17-11-16(22-23-17)14-5-3-2-4-6-14/h2-10,16-17,22-23H,11-12H2,1H3,(H,20,24)(H,21,25). The van der Waals surface area contributed by atoms with Crippen LogP contribution >= 0.6 is 0 Å². The Morgan fingerprint density at radius 1 is 1.04 bits per heavy atom. The summed E-state index contributed by atoms with van der Waals surface area (Å²) >= 11 is 0. The van der Waals surface area contributed by atoms with Gasteiger partial charge in [-0.1, -0.05) is 42.5 Å². The molecule has 130 valence electrons. The van der Waals surface area contributed by atoms with Crippen LogP contribution in [0.15, 0.2) is 54.6 Å². The molecule has 0 saturated carbocycles. The number of hydrazine groups is 1. The van der Waals surface area contributed by atoms with Crippen molar-refractivity contribution in [1.29, 1.82) is 0 Å². The summed E-state index contributed by atoms with van der Waals surface area (Å²) in [6, 6.07) is 17.1. The predicted molar refractivity (Wildman–Crippen MR) is 95.5 cm³/mol. The molecule has 0 bridgehead atoms. The van der Waals surface area contributed by atoms with Gasteiger partial charge in [-0.2, -0.15) is 0 Å². The van der Waals surface area contributed by atoms with Crippen molar-refractivity contribution < 1.29 is 9.59 Å². The summed E-state index contributed by atoms with van der Waals surface area (Å²) in [5.74, 6) is -0.162. The molecule has 1 fully saturated rings. The number of hydrogen-bond donors (Lipinski definition) is 4. The van der Waals surface area contributed by atoms with Gasteiger partial charge >= 0.3 is 0 Å². The van der Waals surface area contributed by atoms with Crippen molar-refractivity contribution in [3.8, 4) is 0 Å². The third-order valence-corrected chi connectivity index (χ3v) is 4.33. The van der Waals surface area contributed by atoms with Gasteiger partial charge in [0.15, 0.2) is 0 Å². The molecule has 25 heavy (non-hydrogen) atoms. The van der Waals surface area contributed by atoms with Crippen molar-refractivity contribution in [1.82, 2.24) is 21.5 Å². The highest BCUT2D eigenvalue weighted by Crippen LogP contribution is 2.21. The van der Waals surface area contributed by atoms with E-state index >= 15 is 0 Å². The molecule has 0 radical (unpaired) electrons. The molecule has 2 atom stereocenters. The van der Waals surface area contributed by atoms with Crippen molar-refractivity contribution >= 4 is 11.8 Å². The van der Waals surface area contributed by atoms with Crippen LogP contribution < -0.4 is 21.5 Å². The maximum atomic E-state index is 12.3. The van der Waals surface area contributed by atoms with Crippen molar-refractivity contribution in [3.05, 3.63) is 71.3 Å². The minimum atomic E-state index is -0.268. The monoisotopic (exact) mass is 338 g/mol. The maximum Gasteiger partial charge on any atom is 0.251 e. The number of benzene rings is 2. The summed E-state index contributed by atoms with van der Waals surface area (Å²) in [6.45, 7) is 0.432. The van der Waals surface area contributed by atoms with E-state index in [1.807, 2.05) is 42.5 Å². The number of amides is 2. The van der Waals surface area contributed by atoms with E-state index in [1.54, 1.807) is 19.2 Å². The van der Waals surface area contributed by atoms with E-state index in [9.17, 15) is 9.59 Å². The van der Waals surface area contributed by atoms with E-state index in [4.69, 9.17) is 0 Å². The number of hydrogen-bond acceptors (Lipinski definition) is 4. The highest BCUT2D eigenvalue weighted by Gasteiger charge is 2.29. The minimum Gasteiger partial charge on any atom is -0.355 e. The lowest BCUT2D eigenvalue weighted by Crippen LogP contribution is -2.42. The highest BCUT2D eigenvalue weighted by molar-refractivity contribution is 5.93. The highest BCUT2D eigenvalue weighted by atomic mass is 16.2. The van der Waals surface area contributed by atoms with Crippen LogP contribution in [-0.4, -0.2) is 24.9 Å². The van der Waals surface area contributed by atoms with E-state index < -0.39 is 0 Å². The van der Waals surface area contributed by atoms with E-state index in [2.05, 4.69) is 21.5 Å². The molecule has 0 aromatic heterocycles. The maximum absolute atomic E-state index is 12.3. The summed E-state index contributed by atoms with van der Waals surface area (Å²) < 4.78 is 0. The normalized spacial score (nSPS) is 19.4. The van der Waals surface area contributed by atoms with Crippen LogP contribution in [0.5, 0.6) is 0 Å². The van der Waals surface area contributed by atoms with Crippen molar-refractivity contribution in [3.63, 3.8) is 0 Å². The number of rotatable bonds is 5. The zero-order chi connectivity index (χ0) is 17.6. The second kappa shape index (κ2) is 7.92. The zero-order valence-corrected chi connectivity index (χ0v) is 14.1. The van der Waals surface area contributed by atoms with Gasteiger partial charge in [0, 0.05) is 25.2 Å².